The molecule has 2 aromatic carbocycles. The third-order valence-corrected chi connectivity index (χ3v) is 3.31. The molecule has 0 aromatic heterocycles. The largest absolute Gasteiger partial charge is 0.778 e. The molecule has 7 heteroatoms. The van der Waals surface area contributed by atoms with E-state index < -0.39 is 14.6 Å². The molecule has 0 N–H and O–H groups in total. The molecule has 5 nitrogen and oxygen atoms in total. The maximum Gasteiger partial charge on any atom is 0.778 e. The quantitative estimate of drug-likeness (QED) is 0.792. The van der Waals surface area contributed by atoms with Gasteiger partial charge in [0.1, 0.15) is 23.0 Å². The molecule has 2 heterocycles. The summed E-state index contributed by atoms with van der Waals surface area (Å²) in [6, 6.07) is 11.4. The van der Waals surface area contributed by atoms with Gasteiger partial charge in [-0.2, -0.15) is 0 Å². The molecule has 2 aliphatic rings. The first-order valence-corrected chi connectivity index (χ1v) is 6.71. The summed E-state index contributed by atoms with van der Waals surface area (Å²) in [4.78, 5) is 0. The molecule has 21 heavy (non-hydrogen) atoms. The van der Waals surface area contributed by atoms with Gasteiger partial charge in [0.15, 0.2) is 0 Å². The molecule has 4 rings (SSSR count). The minimum absolute atomic E-state index is 0.650. The number of hydrogen-bond donors (Lipinski definition) is 0. The molecule has 104 valence electrons. The van der Waals surface area contributed by atoms with Crippen LogP contribution in [0.4, 0.5) is 0 Å². The monoisotopic (exact) mass is 282 g/mol. The van der Waals surface area contributed by atoms with Crippen molar-refractivity contribution in [3.05, 3.63) is 47.5 Å². The molecule has 0 unspecified atom stereocenters. The van der Waals surface area contributed by atoms with Gasteiger partial charge in [-0.05, 0) is 49.2 Å². The Hall–Kier alpha value is -2.27. The molecule has 0 aliphatic carbocycles. The summed E-state index contributed by atoms with van der Waals surface area (Å²) in [6.07, 6.45) is 0. The van der Waals surface area contributed by atoms with Gasteiger partial charge in [-0.25, -0.2) is 0 Å². The highest BCUT2D eigenvalue weighted by Gasteiger charge is 2.46. The van der Waals surface area contributed by atoms with E-state index in [0.29, 0.717) is 23.0 Å². The van der Waals surface area contributed by atoms with E-state index in [1.54, 1.807) is 0 Å². The first-order chi connectivity index (χ1) is 10.2. The zero-order valence-corrected chi connectivity index (χ0v) is 11.7. The second-order valence-corrected chi connectivity index (χ2v) is 5.09. The molecule has 0 radical (unpaired) electrons. The number of benzene rings is 2. The van der Waals surface area contributed by atoms with Crippen molar-refractivity contribution in [1.82, 2.24) is 0 Å². The highest BCUT2D eigenvalue weighted by molar-refractivity contribution is 6.55. The van der Waals surface area contributed by atoms with Crippen molar-refractivity contribution in [3.63, 3.8) is 0 Å². The topological polar surface area (TPSA) is 46.2 Å². The number of rotatable bonds is 2. The Morgan fingerprint density at radius 3 is 1.57 bits per heavy atom. The summed E-state index contributed by atoms with van der Waals surface area (Å²) in [6.45, 7) is 3.97. The molecule has 0 fully saturated rings. The fraction of sp³-hybridized carbons (Fsp3) is 0.143. The lowest BCUT2D eigenvalue weighted by molar-refractivity contribution is 0.278. The molecule has 0 saturated carbocycles. The smallest absolute Gasteiger partial charge is 0.498 e. The van der Waals surface area contributed by atoms with E-state index in [4.69, 9.17) is 23.2 Å². The molecule has 0 amide bonds. The number of hydrogen-bond acceptors (Lipinski definition) is 5. The van der Waals surface area contributed by atoms with Crippen LogP contribution >= 0.6 is 0 Å². The Bertz CT molecular complexity index is 646. The van der Waals surface area contributed by atoms with Crippen LogP contribution in [0.5, 0.6) is 23.0 Å². The van der Waals surface area contributed by atoms with Crippen LogP contribution in [-0.4, -0.2) is 14.6 Å². The SMILES string of the molecule is Cc1ccc2c(c1)OB(OB1Oc3ccc(C)cc3O1)O2. The maximum atomic E-state index is 5.57. The second-order valence-electron chi connectivity index (χ2n) is 5.09. The average molecular weight is 282 g/mol. The van der Waals surface area contributed by atoms with Crippen molar-refractivity contribution in [2.45, 2.75) is 13.8 Å². The van der Waals surface area contributed by atoms with Crippen molar-refractivity contribution in [2.24, 2.45) is 0 Å². The Labute approximate surface area is 123 Å². The summed E-state index contributed by atoms with van der Waals surface area (Å²) in [7, 11) is -1.75. The Balaban J connectivity index is 1.43. The van der Waals surface area contributed by atoms with Crippen LogP contribution in [0.2, 0.25) is 0 Å². The van der Waals surface area contributed by atoms with Gasteiger partial charge >= 0.3 is 14.6 Å². The normalized spacial score (nSPS) is 14.8. The van der Waals surface area contributed by atoms with Gasteiger partial charge in [0.25, 0.3) is 0 Å². The van der Waals surface area contributed by atoms with Gasteiger partial charge in [-0.3, -0.25) is 0 Å². The fourth-order valence-electron chi connectivity index (χ4n) is 2.27. The van der Waals surface area contributed by atoms with E-state index in [1.807, 2.05) is 50.2 Å². The fourth-order valence-corrected chi connectivity index (χ4v) is 2.27. The van der Waals surface area contributed by atoms with Crippen LogP contribution in [0.25, 0.3) is 0 Å². The van der Waals surface area contributed by atoms with Crippen LogP contribution in [0.15, 0.2) is 36.4 Å². The molecule has 2 aliphatic heterocycles. The molecule has 0 spiro atoms. The molecule has 0 atom stereocenters. The standard InChI is InChI=1S/C14H12B2O5/c1-9-3-5-11-13(7-9)19-15(17-11)21-16-18-12-6-4-10(2)8-14(12)20-16/h3-8H,1-2H3. The van der Waals surface area contributed by atoms with Crippen molar-refractivity contribution >= 4 is 14.6 Å². The predicted octanol–water partition coefficient (Wildman–Crippen LogP) is 2.53. The van der Waals surface area contributed by atoms with Gasteiger partial charge in [-0.1, -0.05) is 12.1 Å². The first-order valence-electron chi connectivity index (χ1n) is 6.71. The highest BCUT2D eigenvalue weighted by atomic mass is 16.8. The Morgan fingerprint density at radius 1 is 0.667 bits per heavy atom. The minimum atomic E-state index is -0.873. The zero-order chi connectivity index (χ0) is 14.4. The minimum Gasteiger partial charge on any atom is -0.498 e. The zero-order valence-electron chi connectivity index (χ0n) is 11.7. The van der Waals surface area contributed by atoms with Gasteiger partial charge in [-0.15, -0.1) is 0 Å². The number of aryl methyl sites for hydroxylation is 2. The maximum absolute atomic E-state index is 5.57. The highest BCUT2D eigenvalue weighted by Crippen LogP contribution is 2.37. The van der Waals surface area contributed by atoms with E-state index in [1.165, 1.54) is 0 Å². The molecule has 0 bridgehead atoms. The third-order valence-electron chi connectivity index (χ3n) is 3.31. The lowest BCUT2D eigenvalue weighted by Crippen LogP contribution is -2.41. The van der Waals surface area contributed by atoms with Crippen molar-refractivity contribution in [1.29, 1.82) is 0 Å². The predicted molar refractivity (Wildman–Crippen MR) is 77.5 cm³/mol. The molecule has 0 saturated heterocycles. The van der Waals surface area contributed by atoms with E-state index in [9.17, 15) is 0 Å². The first kappa shape index (κ1) is 12.5. The Morgan fingerprint density at radius 2 is 1.10 bits per heavy atom. The summed E-state index contributed by atoms with van der Waals surface area (Å²) in [5.74, 6) is 2.62. The Kier molecular flexibility index (Phi) is 2.75. The summed E-state index contributed by atoms with van der Waals surface area (Å²) >= 11 is 0. The van der Waals surface area contributed by atoms with Crippen molar-refractivity contribution in [2.75, 3.05) is 0 Å². The molecular weight excluding hydrogens is 270 g/mol. The van der Waals surface area contributed by atoms with E-state index >= 15 is 0 Å². The van der Waals surface area contributed by atoms with E-state index in [2.05, 4.69) is 0 Å². The lowest BCUT2D eigenvalue weighted by atomic mass is 10.1. The summed E-state index contributed by atoms with van der Waals surface area (Å²) in [5, 5.41) is 0. The third kappa shape index (κ3) is 2.29. The second kappa shape index (κ2) is 4.63. The van der Waals surface area contributed by atoms with Gasteiger partial charge in [0.05, 0.1) is 0 Å². The van der Waals surface area contributed by atoms with Crippen LogP contribution in [0, 0.1) is 13.8 Å². The average Bonchev–Trinajstić information content (AvgIpc) is 3.00. The number of fused-ring (bicyclic) bond motifs is 2. The van der Waals surface area contributed by atoms with Gasteiger partial charge < -0.3 is 23.2 Å². The summed E-state index contributed by atoms with van der Waals surface area (Å²) in [5.41, 5.74) is 2.18. The van der Waals surface area contributed by atoms with Crippen molar-refractivity contribution < 1.29 is 23.2 Å². The van der Waals surface area contributed by atoms with Crippen LogP contribution < -0.4 is 18.6 Å². The van der Waals surface area contributed by atoms with Crippen molar-refractivity contribution in [3.8, 4) is 23.0 Å². The lowest BCUT2D eigenvalue weighted by Gasteiger charge is -2.07. The van der Waals surface area contributed by atoms with Crippen LogP contribution in [0.1, 0.15) is 11.1 Å². The van der Waals surface area contributed by atoms with Gasteiger partial charge in [0, 0.05) is 0 Å². The molecule has 2 aromatic rings. The summed E-state index contributed by atoms with van der Waals surface area (Å²) < 4.78 is 27.7. The van der Waals surface area contributed by atoms with Crippen LogP contribution in [0.3, 0.4) is 0 Å². The van der Waals surface area contributed by atoms with E-state index in [0.717, 1.165) is 11.1 Å². The van der Waals surface area contributed by atoms with Gasteiger partial charge in [0.2, 0.25) is 0 Å². The molecular formula is C14H12B2O5. The van der Waals surface area contributed by atoms with E-state index in [-0.39, 0.29) is 0 Å². The van der Waals surface area contributed by atoms with Crippen LogP contribution in [-0.2, 0) is 4.57 Å².